The van der Waals surface area contributed by atoms with Gasteiger partial charge < -0.3 is 34.3 Å². The maximum atomic E-state index is 11.2. The fourth-order valence-corrected chi connectivity index (χ4v) is 12.8. The lowest BCUT2D eigenvalue weighted by molar-refractivity contribution is -0.191. The third-order valence-corrected chi connectivity index (χ3v) is 16.6. The van der Waals surface area contributed by atoms with Crippen molar-refractivity contribution in [2.45, 2.75) is 193 Å². The van der Waals surface area contributed by atoms with Crippen LogP contribution in [0.25, 0.3) is 0 Å². The molecule has 0 radical (unpaired) electrons. The number of aliphatic hydroxyl groups excluding tert-OH is 3. The van der Waals surface area contributed by atoms with E-state index in [-0.39, 0.29) is 30.7 Å². The van der Waals surface area contributed by atoms with Gasteiger partial charge in [0, 0.05) is 6.61 Å². The third kappa shape index (κ3) is 13.8. The average Bonchev–Trinajstić information content (AvgIpc) is 3.85. The molecule has 1 aliphatic heterocycles. The van der Waals surface area contributed by atoms with Gasteiger partial charge in [-0.15, -0.1) is 0 Å². The number of unbranched alkanes of at least 4 members (excludes halogenated alkanes) is 4. The van der Waals surface area contributed by atoms with Crippen molar-refractivity contribution >= 4 is 0 Å². The Morgan fingerprint density at radius 2 is 1.10 bits per heavy atom. The van der Waals surface area contributed by atoms with Crippen LogP contribution in [0.1, 0.15) is 156 Å². The molecular formula is C61H84O7. The molecule has 7 nitrogen and oxygen atoms in total. The molecule has 1 saturated heterocycles. The van der Waals surface area contributed by atoms with Crippen molar-refractivity contribution in [1.29, 1.82) is 0 Å². The number of ether oxygens (including phenoxy) is 4. The number of hydrogen-bond acceptors (Lipinski definition) is 7. The highest BCUT2D eigenvalue weighted by molar-refractivity contribution is 5.44. The Morgan fingerprint density at radius 1 is 0.574 bits per heavy atom. The number of hydrogen-bond donors (Lipinski definition) is 3. The first-order valence-corrected chi connectivity index (χ1v) is 27.2. The van der Waals surface area contributed by atoms with Crippen molar-refractivity contribution in [3.63, 3.8) is 0 Å². The van der Waals surface area contributed by atoms with Gasteiger partial charge in [-0.2, -0.15) is 0 Å². The Labute approximate surface area is 409 Å². The quantitative estimate of drug-likeness (QED) is 0.0676. The fraction of sp³-hybridized carbons (Fsp3) is 0.607. The molecule has 11 atom stereocenters. The summed E-state index contributed by atoms with van der Waals surface area (Å²) in [5, 5.41) is 32.4. The summed E-state index contributed by atoms with van der Waals surface area (Å²) in [5.74, 6) is 4.83. The summed E-state index contributed by atoms with van der Waals surface area (Å²) in [5.41, 5.74) is 7.88. The first-order chi connectivity index (χ1) is 33.4. The van der Waals surface area contributed by atoms with Crippen LogP contribution in [-0.2, 0) is 48.4 Å². The summed E-state index contributed by atoms with van der Waals surface area (Å²) in [6.07, 6.45) is 21.9. The summed E-state index contributed by atoms with van der Waals surface area (Å²) in [4.78, 5) is 0. The lowest BCUT2D eigenvalue weighted by Gasteiger charge is -2.33. The van der Waals surface area contributed by atoms with Crippen LogP contribution in [0, 0.1) is 35.5 Å². The molecule has 5 aliphatic rings. The highest BCUT2D eigenvalue weighted by Crippen LogP contribution is 2.50. The SMILES string of the molecule is CCCCC[C@@H](CC[C@@H]1[C@H]2Cc3cccc(OCc4ccccc4)c3C[C@H]2C[C@H]1O)OC1CCCCO1.CCCCC[C@H](O)CC[C@@H]1[C@H]2Cc3cccc(OCc4ccccc4)c3C[C@H]2C[C@H]1O. The second-order valence-electron chi connectivity index (χ2n) is 21.3. The minimum Gasteiger partial charge on any atom is -0.489 e. The highest BCUT2D eigenvalue weighted by atomic mass is 16.7. The van der Waals surface area contributed by atoms with E-state index < -0.39 is 0 Å². The fourth-order valence-electron chi connectivity index (χ4n) is 12.8. The van der Waals surface area contributed by atoms with E-state index in [4.69, 9.17) is 18.9 Å². The minimum absolute atomic E-state index is 0.0301. The molecule has 2 saturated carbocycles. The van der Waals surface area contributed by atoms with Crippen LogP contribution in [-0.4, -0.2) is 52.6 Å². The van der Waals surface area contributed by atoms with Crippen LogP contribution in [0.2, 0.25) is 0 Å². The van der Waals surface area contributed by atoms with E-state index >= 15 is 0 Å². The molecule has 0 bridgehead atoms. The molecule has 1 unspecified atom stereocenters. The van der Waals surface area contributed by atoms with Gasteiger partial charge in [-0.3, -0.25) is 0 Å². The molecule has 1 heterocycles. The maximum absolute atomic E-state index is 11.2. The van der Waals surface area contributed by atoms with E-state index in [1.807, 2.05) is 24.3 Å². The summed E-state index contributed by atoms with van der Waals surface area (Å²) >= 11 is 0. The van der Waals surface area contributed by atoms with Gasteiger partial charge in [0.1, 0.15) is 24.7 Å². The van der Waals surface area contributed by atoms with Gasteiger partial charge >= 0.3 is 0 Å². The molecule has 9 rings (SSSR count). The molecule has 68 heavy (non-hydrogen) atoms. The predicted octanol–water partition coefficient (Wildman–Crippen LogP) is 12.9. The minimum atomic E-state index is -0.235. The van der Waals surface area contributed by atoms with Crippen LogP contribution in [0.15, 0.2) is 97.1 Å². The summed E-state index contributed by atoms with van der Waals surface area (Å²) < 4.78 is 24.9. The molecule has 4 aromatic rings. The lowest BCUT2D eigenvalue weighted by Crippen LogP contribution is -2.30. The molecule has 4 aromatic carbocycles. The molecule has 3 fully saturated rings. The van der Waals surface area contributed by atoms with E-state index in [9.17, 15) is 15.3 Å². The number of benzene rings is 4. The molecule has 0 spiro atoms. The maximum Gasteiger partial charge on any atom is 0.157 e. The standard InChI is InChI=1S/C33H46O4.C28H38O3/c1-2-3-5-14-27(37-33-16-8-9-19-35-33)17-18-28-29-20-25-13-10-15-32(30(25)21-26(29)22-31(28)34)36-23-24-11-6-4-7-12-24;1-2-3-5-12-23(29)14-15-24-25-16-21-11-8-13-28(26(21)17-22(25)18-27(24)30)31-19-20-9-6-4-7-10-20/h4,6-7,10-13,15,26-29,31,33-34H,2-3,5,8-9,14,16-23H2,1H3;4,6-11,13,22-25,27,29-30H,2-3,5,12,14-19H2,1H3/t26-,27-,28+,29-,31+,33?;22-,23-,24+,25-,27+/m00/s1. The van der Waals surface area contributed by atoms with E-state index in [2.05, 4.69) is 86.6 Å². The molecule has 370 valence electrons. The largest absolute Gasteiger partial charge is 0.489 e. The van der Waals surface area contributed by atoms with Crippen LogP contribution in [0.5, 0.6) is 11.5 Å². The van der Waals surface area contributed by atoms with E-state index in [0.717, 1.165) is 114 Å². The van der Waals surface area contributed by atoms with Crippen molar-refractivity contribution in [2.75, 3.05) is 6.61 Å². The van der Waals surface area contributed by atoms with Crippen LogP contribution >= 0.6 is 0 Å². The Morgan fingerprint density at radius 3 is 1.62 bits per heavy atom. The van der Waals surface area contributed by atoms with Crippen LogP contribution in [0.3, 0.4) is 0 Å². The molecular weight excluding hydrogens is 845 g/mol. The zero-order chi connectivity index (χ0) is 47.1. The Hall–Kier alpha value is -3.72. The normalized spacial score (nSPS) is 26.9. The first-order valence-electron chi connectivity index (χ1n) is 27.2. The highest BCUT2D eigenvalue weighted by Gasteiger charge is 2.46. The Balaban J connectivity index is 0.000000187. The average molecular weight is 929 g/mol. The lowest BCUT2D eigenvalue weighted by atomic mass is 9.73. The van der Waals surface area contributed by atoms with Gasteiger partial charge in [0.2, 0.25) is 0 Å². The topological polar surface area (TPSA) is 97.6 Å². The molecule has 4 aliphatic carbocycles. The van der Waals surface area contributed by atoms with E-state index in [1.54, 1.807) is 0 Å². The van der Waals surface area contributed by atoms with E-state index in [0.29, 0.717) is 48.7 Å². The van der Waals surface area contributed by atoms with Gasteiger partial charge in [0.05, 0.1) is 24.4 Å². The van der Waals surface area contributed by atoms with Crippen molar-refractivity contribution in [2.24, 2.45) is 35.5 Å². The zero-order valence-corrected chi connectivity index (χ0v) is 41.5. The number of aliphatic hydroxyl groups is 3. The van der Waals surface area contributed by atoms with Crippen LogP contribution < -0.4 is 9.47 Å². The predicted molar refractivity (Wildman–Crippen MR) is 273 cm³/mol. The van der Waals surface area contributed by atoms with Crippen molar-refractivity contribution < 1.29 is 34.3 Å². The zero-order valence-electron chi connectivity index (χ0n) is 41.5. The molecule has 0 amide bonds. The van der Waals surface area contributed by atoms with Crippen LogP contribution in [0.4, 0.5) is 0 Å². The van der Waals surface area contributed by atoms with Gasteiger partial charge in [-0.25, -0.2) is 0 Å². The Bertz CT molecular complexity index is 2070. The summed E-state index contributed by atoms with van der Waals surface area (Å²) in [6, 6.07) is 33.7. The van der Waals surface area contributed by atoms with Gasteiger partial charge in [0.15, 0.2) is 6.29 Å². The number of fused-ring (bicyclic) bond motifs is 4. The summed E-state index contributed by atoms with van der Waals surface area (Å²) in [6.45, 7) is 6.47. The second-order valence-corrected chi connectivity index (χ2v) is 21.3. The molecule has 0 aromatic heterocycles. The van der Waals surface area contributed by atoms with Gasteiger partial charge in [-0.05, 0) is 177 Å². The van der Waals surface area contributed by atoms with E-state index in [1.165, 1.54) is 71.9 Å². The third-order valence-electron chi connectivity index (χ3n) is 16.6. The smallest absolute Gasteiger partial charge is 0.157 e. The van der Waals surface area contributed by atoms with Gasteiger partial charge in [-0.1, -0.05) is 137 Å². The molecule has 3 N–H and O–H groups in total. The number of rotatable bonds is 22. The van der Waals surface area contributed by atoms with Gasteiger partial charge in [0.25, 0.3) is 0 Å². The Kier molecular flexibility index (Phi) is 19.3. The monoisotopic (exact) mass is 929 g/mol. The second kappa shape index (κ2) is 25.9. The van der Waals surface area contributed by atoms with Crippen molar-refractivity contribution in [1.82, 2.24) is 0 Å². The van der Waals surface area contributed by atoms with Crippen molar-refractivity contribution in [3.05, 3.63) is 130 Å². The van der Waals surface area contributed by atoms with Crippen molar-refractivity contribution in [3.8, 4) is 11.5 Å². The summed E-state index contributed by atoms with van der Waals surface area (Å²) in [7, 11) is 0. The first kappa shape index (κ1) is 50.7. The molecule has 7 heteroatoms.